The molecule has 0 bridgehead atoms. The van der Waals surface area contributed by atoms with Crippen molar-refractivity contribution in [2.45, 2.75) is 30.6 Å². The molecule has 17 heavy (non-hydrogen) atoms. The molecule has 2 fully saturated rings. The van der Waals surface area contributed by atoms with Crippen LogP contribution >= 0.6 is 11.3 Å². The molecule has 1 N–H and O–H groups in total. The maximum Gasteiger partial charge on any atom is 0.100 e. The van der Waals surface area contributed by atoms with Crippen molar-refractivity contribution in [2.75, 3.05) is 33.7 Å². The lowest BCUT2D eigenvalue weighted by Gasteiger charge is -2.11. The number of thiazole rings is 1. The Balaban J connectivity index is 1.74. The highest BCUT2D eigenvalue weighted by Gasteiger charge is 2.46. The van der Waals surface area contributed by atoms with Crippen LogP contribution < -0.4 is 5.32 Å². The first-order valence-corrected chi connectivity index (χ1v) is 7.40. The minimum absolute atomic E-state index is 0.391. The molecule has 1 aromatic rings. The Morgan fingerprint density at radius 1 is 1.59 bits per heavy atom. The molecule has 1 saturated heterocycles. The van der Waals surface area contributed by atoms with Crippen LogP contribution in [-0.4, -0.2) is 43.6 Å². The molecule has 1 aliphatic heterocycles. The smallest absolute Gasteiger partial charge is 0.100 e. The van der Waals surface area contributed by atoms with Gasteiger partial charge in [0.05, 0.1) is 5.69 Å². The molecule has 0 spiro atoms. The van der Waals surface area contributed by atoms with Crippen LogP contribution in [0, 0.1) is 0 Å². The van der Waals surface area contributed by atoms with Crippen LogP contribution in [0.4, 0.5) is 0 Å². The number of hydrogen-bond acceptors (Lipinski definition) is 4. The van der Waals surface area contributed by atoms with E-state index < -0.39 is 0 Å². The van der Waals surface area contributed by atoms with E-state index >= 15 is 0 Å². The van der Waals surface area contributed by atoms with Crippen molar-refractivity contribution in [2.24, 2.45) is 0 Å². The van der Waals surface area contributed by atoms with Crippen molar-refractivity contribution in [1.29, 1.82) is 0 Å². The van der Waals surface area contributed by atoms with Crippen molar-refractivity contribution in [3.63, 3.8) is 0 Å². The SMILES string of the molecule is CNCC1(c2nc(C3CCN(C)C3)cs2)CC1. The van der Waals surface area contributed by atoms with Gasteiger partial charge in [-0.1, -0.05) is 0 Å². The van der Waals surface area contributed by atoms with Crippen LogP contribution in [0.3, 0.4) is 0 Å². The summed E-state index contributed by atoms with van der Waals surface area (Å²) in [5, 5.41) is 6.99. The molecular formula is C13H21N3S. The van der Waals surface area contributed by atoms with Gasteiger partial charge in [0.15, 0.2) is 0 Å². The Hall–Kier alpha value is -0.450. The summed E-state index contributed by atoms with van der Waals surface area (Å²) in [5.41, 5.74) is 1.74. The fourth-order valence-corrected chi connectivity index (χ4v) is 4.01. The second-order valence-corrected chi connectivity index (χ2v) is 6.49. The van der Waals surface area contributed by atoms with Gasteiger partial charge in [0, 0.05) is 29.8 Å². The van der Waals surface area contributed by atoms with Gasteiger partial charge in [-0.3, -0.25) is 0 Å². The van der Waals surface area contributed by atoms with Gasteiger partial charge in [-0.05, 0) is 39.9 Å². The number of hydrogen-bond donors (Lipinski definition) is 1. The van der Waals surface area contributed by atoms with Gasteiger partial charge < -0.3 is 10.2 Å². The van der Waals surface area contributed by atoms with Gasteiger partial charge in [-0.15, -0.1) is 11.3 Å². The largest absolute Gasteiger partial charge is 0.319 e. The lowest BCUT2D eigenvalue weighted by Crippen LogP contribution is -2.23. The third-order valence-corrected chi connectivity index (χ3v) is 5.26. The summed E-state index contributed by atoms with van der Waals surface area (Å²) < 4.78 is 0. The molecule has 2 aliphatic rings. The fourth-order valence-electron chi connectivity index (χ4n) is 2.85. The zero-order valence-corrected chi connectivity index (χ0v) is 11.5. The molecule has 0 amide bonds. The van der Waals surface area contributed by atoms with E-state index in [-0.39, 0.29) is 0 Å². The summed E-state index contributed by atoms with van der Waals surface area (Å²) in [6.07, 6.45) is 3.90. The molecule has 2 heterocycles. The van der Waals surface area contributed by atoms with Crippen molar-refractivity contribution < 1.29 is 0 Å². The van der Waals surface area contributed by atoms with Crippen LogP contribution in [0.1, 0.15) is 35.9 Å². The van der Waals surface area contributed by atoms with Crippen molar-refractivity contribution in [3.8, 4) is 0 Å². The molecule has 94 valence electrons. The lowest BCUT2D eigenvalue weighted by atomic mass is 10.1. The minimum Gasteiger partial charge on any atom is -0.319 e. The topological polar surface area (TPSA) is 28.2 Å². The van der Waals surface area contributed by atoms with Crippen LogP contribution in [-0.2, 0) is 5.41 Å². The molecule has 3 nitrogen and oxygen atoms in total. The first kappa shape index (κ1) is 11.6. The number of nitrogens with zero attached hydrogens (tertiary/aromatic N) is 2. The predicted molar refractivity (Wildman–Crippen MR) is 71.8 cm³/mol. The zero-order chi connectivity index (χ0) is 11.9. The summed E-state index contributed by atoms with van der Waals surface area (Å²) in [7, 11) is 4.25. The molecule has 1 atom stereocenters. The highest BCUT2D eigenvalue weighted by atomic mass is 32.1. The van der Waals surface area contributed by atoms with Gasteiger partial charge >= 0.3 is 0 Å². The van der Waals surface area contributed by atoms with E-state index in [0.717, 1.165) is 6.54 Å². The highest BCUT2D eigenvalue weighted by Crippen LogP contribution is 2.49. The van der Waals surface area contributed by atoms with Crippen molar-refractivity contribution in [3.05, 3.63) is 16.1 Å². The van der Waals surface area contributed by atoms with Crippen LogP contribution in [0.25, 0.3) is 0 Å². The van der Waals surface area contributed by atoms with Crippen LogP contribution in [0.5, 0.6) is 0 Å². The predicted octanol–water partition coefficient (Wildman–Crippen LogP) is 1.81. The average Bonchev–Trinajstić information content (AvgIpc) is 2.79. The van der Waals surface area contributed by atoms with Crippen molar-refractivity contribution >= 4 is 11.3 Å². The summed E-state index contributed by atoms with van der Waals surface area (Å²) in [4.78, 5) is 7.34. The Kier molecular flexibility index (Phi) is 2.97. The maximum atomic E-state index is 4.93. The van der Waals surface area contributed by atoms with E-state index in [4.69, 9.17) is 4.98 Å². The van der Waals surface area contributed by atoms with E-state index in [2.05, 4.69) is 22.6 Å². The van der Waals surface area contributed by atoms with E-state index in [1.54, 1.807) is 0 Å². The normalized spacial score (nSPS) is 27.5. The Bertz CT molecular complexity index is 397. The first-order valence-electron chi connectivity index (χ1n) is 6.52. The number of likely N-dealkylation sites (N-methyl/N-ethyl adjacent to an activating group) is 2. The third kappa shape index (κ3) is 2.14. The van der Waals surface area contributed by atoms with Crippen LogP contribution in [0.2, 0.25) is 0 Å². The van der Waals surface area contributed by atoms with E-state index in [9.17, 15) is 0 Å². The Morgan fingerprint density at radius 3 is 3.00 bits per heavy atom. The summed E-state index contributed by atoms with van der Waals surface area (Å²) in [6.45, 7) is 3.49. The van der Waals surface area contributed by atoms with Crippen LogP contribution in [0.15, 0.2) is 5.38 Å². The number of nitrogens with one attached hydrogen (secondary N) is 1. The monoisotopic (exact) mass is 251 g/mol. The first-order chi connectivity index (χ1) is 8.23. The molecule has 1 unspecified atom stereocenters. The van der Waals surface area contributed by atoms with Crippen molar-refractivity contribution in [1.82, 2.24) is 15.2 Å². The van der Waals surface area contributed by atoms with E-state index in [1.807, 2.05) is 18.4 Å². The molecule has 0 aromatic carbocycles. The van der Waals surface area contributed by atoms with Gasteiger partial charge in [-0.2, -0.15) is 0 Å². The highest BCUT2D eigenvalue weighted by molar-refractivity contribution is 7.09. The molecule has 1 aliphatic carbocycles. The molecular weight excluding hydrogens is 230 g/mol. The fraction of sp³-hybridized carbons (Fsp3) is 0.769. The zero-order valence-electron chi connectivity index (χ0n) is 10.7. The molecule has 1 saturated carbocycles. The minimum atomic E-state index is 0.391. The number of likely N-dealkylation sites (tertiary alicyclic amines) is 1. The summed E-state index contributed by atoms with van der Waals surface area (Å²) in [5.74, 6) is 0.676. The van der Waals surface area contributed by atoms with Gasteiger partial charge in [0.25, 0.3) is 0 Å². The summed E-state index contributed by atoms with van der Waals surface area (Å²) in [6, 6.07) is 0. The van der Waals surface area contributed by atoms with Gasteiger partial charge in [0.2, 0.25) is 0 Å². The molecule has 1 aromatic heterocycles. The molecule has 4 heteroatoms. The number of rotatable bonds is 4. The van der Waals surface area contributed by atoms with Gasteiger partial charge in [-0.25, -0.2) is 4.98 Å². The maximum absolute atomic E-state index is 4.93. The quantitative estimate of drug-likeness (QED) is 0.884. The van der Waals surface area contributed by atoms with E-state index in [1.165, 1.54) is 43.1 Å². The second kappa shape index (κ2) is 4.34. The lowest BCUT2D eigenvalue weighted by molar-refractivity contribution is 0.410. The number of aromatic nitrogens is 1. The Labute approximate surface area is 107 Å². The van der Waals surface area contributed by atoms with E-state index in [0.29, 0.717) is 11.3 Å². The average molecular weight is 251 g/mol. The Morgan fingerprint density at radius 2 is 2.41 bits per heavy atom. The third-order valence-electron chi connectivity index (χ3n) is 4.15. The molecule has 3 rings (SSSR count). The van der Waals surface area contributed by atoms with Gasteiger partial charge in [0.1, 0.15) is 5.01 Å². The molecule has 0 radical (unpaired) electrons. The standard InChI is InChI=1S/C13H21N3S/c1-14-9-13(4-5-13)12-15-11(8-17-12)10-3-6-16(2)7-10/h8,10,14H,3-7,9H2,1-2H3. The summed E-state index contributed by atoms with van der Waals surface area (Å²) >= 11 is 1.88. The second-order valence-electron chi connectivity index (χ2n) is 5.64.